The van der Waals surface area contributed by atoms with Crippen LogP contribution in [0.1, 0.15) is 38.5 Å². The molecule has 8 nitrogen and oxygen atoms in total. The van der Waals surface area contributed by atoms with Gasteiger partial charge in [-0.3, -0.25) is 4.40 Å². The number of anilines is 2. The number of aromatic nitrogens is 3. The maximum absolute atomic E-state index is 14.6. The maximum atomic E-state index is 14.6. The molecule has 3 aromatic rings. The van der Waals surface area contributed by atoms with Gasteiger partial charge in [0.05, 0.1) is 0 Å². The van der Waals surface area contributed by atoms with E-state index in [9.17, 15) is 4.39 Å². The summed E-state index contributed by atoms with van der Waals surface area (Å²) in [6.45, 7) is 7.89. The lowest BCUT2D eigenvalue weighted by Gasteiger charge is -2.54. The smallest absolute Gasteiger partial charge is 0.210 e. The second-order valence-electron chi connectivity index (χ2n) is 10.5. The fraction of sp³-hybridized carbons (Fsp3) is 0.571. The van der Waals surface area contributed by atoms with Crippen LogP contribution in [0, 0.1) is 11.2 Å². The lowest BCUT2D eigenvalue weighted by Crippen LogP contribution is -2.60. The van der Waals surface area contributed by atoms with Crippen molar-refractivity contribution in [2.75, 3.05) is 70.3 Å². The topological polar surface area (TPSA) is 81.2 Å². The van der Waals surface area contributed by atoms with Crippen molar-refractivity contribution in [1.29, 1.82) is 0 Å². The van der Waals surface area contributed by atoms with E-state index in [-0.39, 0.29) is 5.82 Å². The van der Waals surface area contributed by atoms with E-state index in [1.807, 2.05) is 16.7 Å². The number of rotatable bonds is 12. The Bertz CT molecular complexity index is 1170. The molecule has 0 amide bonds. The number of fused-ring (bicyclic) bond motifs is 1. The number of unbranched alkanes of at least 4 members (excludes halogenated alkanes) is 2. The number of hydrogen-bond acceptors (Lipinski definition) is 7. The molecule has 0 saturated carbocycles. The second-order valence-corrected chi connectivity index (χ2v) is 10.5. The van der Waals surface area contributed by atoms with Gasteiger partial charge < -0.3 is 25.0 Å². The average Bonchev–Trinajstić information content (AvgIpc) is 3.28. The highest BCUT2D eigenvalue weighted by Gasteiger charge is 2.44. The van der Waals surface area contributed by atoms with Crippen LogP contribution in [0.15, 0.2) is 36.7 Å². The van der Waals surface area contributed by atoms with Crippen LogP contribution < -0.4 is 10.6 Å². The molecule has 2 N–H and O–H groups in total. The van der Waals surface area contributed by atoms with E-state index < -0.39 is 0 Å². The Kier molecular flexibility index (Phi) is 8.22. The Morgan fingerprint density at radius 3 is 2.51 bits per heavy atom. The minimum Gasteiger partial charge on any atom is -0.385 e. The van der Waals surface area contributed by atoms with Crippen molar-refractivity contribution >= 4 is 17.3 Å². The summed E-state index contributed by atoms with van der Waals surface area (Å²) in [5, 5.41) is 0. The fourth-order valence-corrected chi connectivity index (χ4v) is 5.76. The summed E-state index contributed by atoms with van der Waals surface area (Å²) >= 11 is 0. The molecular formula is C28H39FN6O2. The summed E-state index contributed by atoms with van der Waals surface area (Å²) < 4.78 is 27.4. The van der Waals surface area contributed by atoms with E-state index >= 15 is 0 Å². The Labute approximate surface area is 218 Å². The molecule has 1 spiro atoms. The first kappa shape index (κ1) is 25.9. The lowest BCUT2D eigenvalue weighted by atomic mass is 9.72. The number of methoxy groups -OCH3 is 1. The molecule has 200 valence electrons. The van der Waals surface area contributed by atoms with E-state index in [1.165, 1.54) is 25.6 Å². The van der Waals surface area contributed by atoms with Crippen LogP contribution in [0.3, 0.4) is 0 Å². The van der Waals surface area contributed by atoms with Crippen molar-refractivity contribution in [3.05, 3.63) is 42.5 Å². The first-order valence-corrected chi connectivity index (χ1v) is 13.5. The standard InChI is InChI=1S/C28H39FN6O2/c1-36-17-6-7-19-37-18-5-4-13-33-20-28(21-33)10-14-34(15-11-28)27-32-24(22-8-2-3-9-23(22)29)25-26(30)31-12-16-35(25)27/h2-3,8-9,12,16H,4-7,10-11,13-15,17-21H2,1H3,(H2,30,31). The summed E-state index contributed by atoms with van der Waals surface area (Å²) in [5.74, 6) is 0.868. The Morgan fingerprint density at radius 2 is 1.76 bits per heavy atom. The molecule has 4 heterocycles. The van der Waals surface area contributed by atoms with Gasteiger partial charge in [-0.2, -0.15) is 0 Å². The lowest BCUT2D eigenvalue weighted by molar-refractivity contribution is -0.0202. The third-order valence-electron chi connectivity index (χ3n) is 7.82. The van der Waals surface area contributed by atoms with Gasteiger partial charge in [-0.25, -0.2) is 14.4 Å². The molecule has 2 aliphatic heterocycles. The minimum absolute atomic E-state index is 0.307. The zero-order chi connectivity index (χ0) is 25.7. The highest BCUT2D eigenvalue weighted by Crippen LogP contribution is 2.42. The number of likely N-dealkylation sites (tertiary alicyclic amines) is 1. The summed E-state index contributed by atoms with van der Waals surface area (Å²) in [5.41, 5.74) is 8.31. The molecule has 0 radical (unpaired) electrons. The molecule has 0 aliphatic carbocycles. The van der Waals surface area contributed by atoms with E-state index in [0.717, 1.165) is 77.5 Å². The fourth-order valence-electron chi connectivity index (χ4n) is 5.76. The number of nitrogens with two attached hydrogens (primary N) is 1. The van der Waals surface area contributed by atoms with Gasteiger partial charge in [0, 0.05) is 71.1 Å². The molecule has 2 saturated heterocycles. The minimum atomic E-state index is -0.307. The molecule has 0 atom stereocenters. The van der Waals surface area contributed by atoms with Crippen LogP contribution in [0.5, 0.6) is 0 Å². The summed E-state index contributed by atoms with van der Waals surface area (Å²) in [6, 6.07) is 6.71. The van der Waals surface area contributed by atoms with Gasteiger partial charge >= 0.3 is 0 Å². The molecule has 9 heteroatoms. The second kappa shape index (κ2) is 11.8. The molecule has 2 aliphatic rings. The Balaban J connectivity index is 1.12. The SMILES string of the molecule is COCCCCOCCCCN1CC2(CCN(c3nc(-c4ccccc4F)c4c(N)nccn34)CC2)C1. The van der Waals surface area contributed by atoms with Crippen molar-refractivity contribution in [3.63, 3.8) is 0 Å². The van der Waals surface area contributed by atoms with Crippen LogP contribution in [0.2, 0.25) is 0 Å². The van der Waals surface area contributed by atoms with Gasteiger partial charge in [0.15, 0.2) is 0 Å². The zero-order valence-corrected chi connectivity index (χ0v) is 21.9. The number of nitrogen functional groups attached to an aromatic ring is 1. The van der Waals surface area contributed by atoms with E-state index in [4.69, 9.17) is 20.2 Å². The van der Waals surface area contributed by atoms with Crippen LogP contribution in [0.25, 0.3) is 16.8 Å². The molecule has 0 bridgehead atoms. The van der Waals surface area contributed by atoms with Crippen LogP contribution in [-0.4, -0.2) is 78.9 Å². The number of nitrogens with zero attached hydrogens (tertiary/aromatic N) is 5. The average molecular weight is 511 g/mol. The quantitative estimate of drug-likeness (QED) is 0.365. The summed E-state index contributed by atoms with van der Waals surface area (Å²) in [4.78, 5) is 14.0. The van der Waals surface area contributed by atoms with Crippen LogP contribution in [-0.2, 0) is 9.47 Å². The highest BCUT2D eigenvalue weighted by atomic mass is 19.1. The van der Waals surface area contributed by atoms with E-state index in [1.54, 1.807) is 25.4 Å². The number of hydrogen-bond donors (Lipinski definition) is 1. The van der Waals surface area contributed by atoms with Crippen LogP contribution in [0.4, 0.5) is 16.2 Å². The molecule has 0 unspecified atom stereocenters. The van der Waals surface area contributed by atoms with Crippen molar-refractivity contribution in [1.82, 2.24) is 19.3 Å². The number of halogens is 1. The number of benzene rings is 1. The molecule has 2 aromatic heterocycles. The van der Waals surface area contributed by atoms with E-state index in [2.05, 4.69) is 14.8 Å². The first-order valence-electron chi connectivity index (χ1n) is 13.5. The van der Waals surface area contributed by atoms with Crippen molar-refractivity contribution in [2.45, 2.75) is 38.5 Å². The predicted molar refractivity (Wildman–Crippen MR) is 144 cm³/mol. The summed E-state index contributed by atoms with van der Waals surface area (Å²) in [7, 11) is 1.74. The van der Waals surface area contributed by atoms with Gasteiger partial charge in [-0.1, -0.05) is 12.1 Å². The molecular weight excluding hydrogens is 471 g/mol. The van der Waals surface area contributed by atoms with Crippen LogP contribution >= 0.6 is 0 Å². The first-order chi connectivity index (χ1) is 18.1. The highest BCUT2D eigenvalue weighted by molar-refractivity contribution is 5.87. The molecule has 1 aromatic carbocycles. The third-order valence-corrected chi connectivity index (χ3v) is 7.82. The Morgan fingerprint density at radius 1 is 1.03 bits per heavy atom. The normalized spacial score (nSPS) is 17.5. The molecule has 37 heavy (non-hydrogen) atoms. The van der Waals surface area contributed by atoms with Crippen molar-refractivity contribution in [3.8, 4) is 11.3 Å². The van der Waals surface area contributed by atoms with Gasteiger partial charge in [0.2, 0.25) is 5.95 Å². The van der Waals surface area contributed by atoms with Crippen molar-refractivity contribution < 1.29 is 13.9 Å². The predicted octanol–water partition coefficient (Wildman–Crippen LogP) is 4.24. The number of piperidine rings is 1. The van der Waals surface area contributed by atoms with Gasteiger partial charge in [-0.15, -0.1) is 0 Å². The van der Waals surface area contributed by atoms with Crippen molar-refractivity contribution in [2.24, 2.45) is 5.41 Å². The van der Waals surface area contributed by atoms with Gasteiger partial charge in [-0.05, 0) is 62.6 Å². The molecule has 2 fully saturated rings. The number of ether oxygens (including phenoxy) is 2. The monoisotopic (exact) mass is 510 g/mol. The third kappa shape index (κ3) is 5.73. The zero-order valence-electron chi connectivity index (χ0n) is 21.9. The van der Waals surface area contributed by atoms with E-state index in [0.29, 0.717) is 28.0 Å². The number of imidazole rings is 1. The van der Waals surface area contributed by atoms with Gasteiger partial charge in [0.25, 0.3) is 0 Å². The Hall–Kier alpha value is -2.75. The maximum Gasteiger partial charge on any atom is 0.210 e. The summed E-state index contributed by atoms with van der Waals surface area (Å²) in [6.07, 6.45) is 10.3. The van der Waals surface area contributed by atoms with Gasteiger partial charge in [0.1, 0.15) is 22.8 Å². The largest absolute Gasteiger partial charge is 0.385 e. The molecule has 5 rings (SSSR count).